The molecule has 0 radical (unpaired) electrons. The van der Waals surface area contributed by atoms with Crippen molar-refractivity contribution in [2.24, 2.45) is 0 Å². The Hall–Kier alpha value is -3.41. The predicted octanol–water partition coefficient (Wildman–Crippen LogP) is 4.05. The van der Waals surface area contributed by atoms with Gasteiger partial charge in [0.25, 0.3) is 0 Å². The first kappa shape index (κ1) is 18.0. The number of fused-ring (bicyclic) bond motifs is 2. The summed E-state index contributed by atoms with van der Waals surface area (Å²) >= 11 is 0. The number of aromatic nitrogens is 1. The molecule has 3 heterocycles. The molecule has 1 N–H and O–H groups in total. The average Bonchev–Trinajstić information content (AvgIpc) is 3.01. The molecular formula is C22H21N3O3. The summed E-state index contributed by atoms with van der Waals surface area (Å²) in [7, 11) is 0. The van der Waals surface area contributed by atoms with Crippen LogP contribution < -0.4 is 10.2 Å². The second-order valence-corrected chi connectivity index (χ2v) is 6.92. The number of nitrogens with one attached hydrogen (secondary N) is 1. The third-order valence-corrected chi connectivity index (χ3v) is 5.12. The topological polar surface area (TPSA) is 75.4 Å². The zero-order valence-electron chi connectivity index (χ0n) is 15.9. The summed E-state index contributed by atoms with van der Waals surface area (Å²) < 4.78 is 6.00. The van der Waals surface area contributed by atoms with Crippen LogP contribution in [0.5, 0.6) is 0 Å². The minimum Gasteiger partial charge on any atom is -0.459 e. The Morgan fingerprint density at radius 3 is 2.86 bits per heavy atom. The van der Waals surface area contributed by atoms with Crippen molar-refractivity contribution in [2.45, 2.75) is 33.2 Å². The number of hydrogen-bond acceptors (Lipinski definition) is 4. The van der Waals surface area contributed by atoms with Gasteiger partial charge in [0.1, 0.15) is 17.2 Å². The Kier molecular flexibility index (Phi) is 4.47. The molecule has 3 aromatic rings. The highest BCUT2D eigenvalue weighted by Gasteiger charge is 2.28. The molecule has 2 aromatic heterocycles. The number of anilines is 2. The van der Waals surface area contributed by atoms with E-state index in [4.69, 9.17) is 4.42 Å². The number of aryl methyl sites for hydroxylation is 3. The zero-order chi connectivity index (χ0) is 19.8. The SMILES string of the molecule is C=CC(=O)Nc1cc2c(nc1C)N(Cc1oc3ccccc3c1C)C(=O)CC2. The molecule has 28 heavy (non-hydrogen) atoms. The van der Waals surface area contributed by atoms with Gasteiger partial charge in [-0.1, -0.05) is 24.8 Å². The zero-order valence-corrected chi connectivity index (χ0v) is 15.9. The summed E-state index contributed by atoms with van der Waals surface area (Å²) in [6.45, 7) is 7.61. The van der Waals surface area contributed by atoms with Gasteiger partial charge in [-0.2, -0.15) is 0 Å². The van der Waals surface area contributed by atoms with Gasteiger partial charge in [0.15, 0.2) is 0 Å². The van der Waals surface area contributed by atoms with Crippen LogP contribution in [0, 0.1) is 13.8 Å². The van der Waals surface area contributed by atoms with Gasteiger partial charge in [0.05, 0.1) is 17.9 Å². The maximum absolute atomic E-state index is 12.7. The molecule has 0 saturated heterocycles. The third-order valence-electron chi connectivity index (χ3n) is 5.12. The highest BCUT2D eigenvalue weighted by Crippen LogP contribution is 2.33. The highest BCUT2D eigenvalue weighted by molar-refractivity contribution is 6.00. The maximum atomic E-state index is 12.7. The van der Waals surface area contributed by atoms with Crippen molar-refractivity contribution >= 4 is 34.3 Å². The number of furan rings is 1. The van der Waals surface area contributed by atoms with Crippen LogP contribution in [-0.2, 0) is 22.6 Å². The van der Waals surface area contributed by atoms with E-state index < -0.39 is 0 Å². The molecular weight excluding hydrogens is 354 g/mol. The van der Waals surface area contributed by atoms with Crippen LogP contribution in [-0.4, -0.2) is 16.8 Å². The number of hydrogen-bond donors (Lipinski definition) is 1. The molecule has 0 aliphatic carbocycles. The number of nitrogens with zero attached hydrogens (tertiary/aromatic N) is 2. The van der Waals surface area contributed by atoms with Gasteiger partial charge in [-0.15, -0.1) is 0 Å². The Morgan fingerprint density at radius 1 is 1.32 bits per heavy atom. The van der Waals surface area contributed by atoms with Crippen molar-refractivity contribution in [3.8, 4) is 0 Å². The first-order chi connectivity index (χ1) is 13.5. The molecule has 0 bridgehead atoms. The fourth-order valence-corrected chi connectivity index (χ4v) is 3.54. The number of carbonyl (C=O) groups excluding carboxylic acids is 2. The molecule has 0 atom stereocenters. The molecule has 0 fully saturated rings. The first-order valence-corrected chi connectivity index (χ1v) is 9.19. The van der Waals surface area contributed by atoms with Crippen molar-refractivity contribution in [1.82, 2.24) is 4.98 Å². The van der Waals surface area contributed by atoms with Gasteiger partial charge >= 0.3 is 0 Å². The van der Waals surface area contributed by atoms with Crippen LogP contribution in [0.2, 0.25) is 0 Å². The average molecular weight is 375 g/mol. The van der Waals surface area contributed by atoms with Crippen LogP contribution in [0.3, 0.4) is 0 Å². The van der Waals surface area contributed by atoms with Crippen molar-refractivity contribution in [1.29, 1.82) is 0 Å². The summed E-state index contributed by atoms with van der Waals surface area (Å²) in [5.41, 5.74) is 4.06. The fourth-order valence-electron chi connectivity index (χ4n) is 3.54. The monoisotopic (exact) mass is 375 g/mol. The lowest BCUT2D eigenvalue weighted by molar-refractivity contribution is -0.119. The quantitative estimate of drug-likeness (QED) is 0.698. The van der Waals surface area contributed by atoms with E-state index in [9.17, 15) is 9.59 Å². The van der Waals surface area contributed by atoms with Crippen LogP contribution in [0.25, 0.3) is 11.0 Å². The van der Waals surface area contributed by atoms with Crippen LogP contribution in [0.15, 0.2) is 47.4 Å². The van der Waals surface area contributed by atoms with Gasteiger partial charge in [-0.25, -0.2) is 4.98 Å². The Balaban J connectivity index is 1.71. The Labute approximate surface area is 162 Å². The minimum absolute atomic E-state index is 0.0159. The summed E-state index contributed by atoms with van der Waals surface area (Å²) in [5, 5.41) is 3.82. The number of rotatable bonds is 4. The van der Waals surface area contributed by atoms with Crippen LogP contribution >= 0.6 is 0 Å². The van der Waals surface area contributed by atoms with Gasteiger partial charge in [-0.05, 0) is 44.0 Å². The molecule has 1 aliphatic rings. The van der Waals surface area contributed by atoms with Crippen molar-refractivity contribution in [3.63, 3.8) is 0 Å². The van der Waals surface area contributed by atoms with E-state index in [1.807, 2.05) is 44.2 Å². The number of para-hydroxylation sites is 1. The Morgan fingerprint density at radius 2 is 2.11 bits per heavy atom. The lowest BCUT2D eigenvalue weighted by Gasteiger charge is -2.28. The van der Waals surface area contributed by atoms with E-state index in [2.05, 4.69) is 16.9 Å². The van der Waals surface area contributed by atoms with E-state index in [1.165, 1.54) is 6.08 Å². The molecule has 2 amide bonds. The highest BCUT2D eigenvalue weighted by atomic mass is 16.3. The van der Waals surface area contributed by atoms with E-state index in [0.717, 1.165) is 27.9 Å². The second-order valence-electron chi connectivity index (χ2n) is 6.92. The standard InChI is InChI=1S/C22H21N3O3/c1-4-20(26)24-17-11-15-9-10-21(27)25(22(15)23-14(17)3)12-19-13(2)16-7-5-6-8-18(16)28-19/h4-8,11H,1,9-10,12H2,2-3H3,(H,24,26). The number of benzene rings is 1. The van der Waals surface area contributed by atoms with Gasteiger partial charge in [0.2, 0.25) is 11.8 Å². The minimum atomic E-state index is -0.286. The summed E-state index contributed by atoms with van der Waals surface area (Å²) in [5.74, 6) is 1.12. The van der Waals surface area contributed by atoms with Gasteiger partial charge in [0, 0.05) is 17.4 Å². The van der Waals surface area contributed by atoms with Crippen molar-refractivity contribution < 1.29 is 14.0 Å². The predicted molar refractivity (Wildman–Crippen MR) is 108 cm³/mol. The van der Waals surface area contributed by atoms with Gasteiger partial charge < -0.3 is 9.73 Å². The molecule has 6 heteroatoms. The van der Waals surface area contributed by atoms with Crippen molar-refractivity contribution in [2.75, 3.05) is 10.2 Å². The molecule has 1 aliphatic heterocycles. The molecule has 142 valence electrons. The second kappa shape index (κ2) is 6.96. The van der Waals surface area contributed by atoms with E-state index in [-0.39, 0.29) is 11.8 Å². The molecule has 0 spiro atoms. The lowest BCUT2D eigenvalue weighted by Crippen LogP contribution is -2.35. The van der Waals surface area contributed by atoms with Gasteiger partial charge in [-0.3, -0.25) is 14.5 Å². The third kappa shape index (κ3) is 3.07. The Bertz CT molecular complexity index is 1110. The first-order valence-electron chi connectivity index (χ1n) is 9.19. The largest absolute Gasteiger partial charge is 0.459 e. The molecule has 0 unspecified atom stereocenters. The van der Waals surface area contributed by atoms with E-state index >= 15 is 0 Å². The smallest absolute Gasteiger partial charge is 0.247 e. The number of pyridine rings is 1. The normalized spacial score (nSPS) is 13.5. The molecule has 6 nitrogen and oxygen atoms in total. The van der Waals surface area contributed by atoms with Crippen LogP contribution in [0.4, 0.5) is 11.5 Å². The summed E-state index contributed by atoms with van der Waals surface area (Å²) in [4.78, 5) is 30.6. The lowest BCUT2D eigenvalue weighted by atomic mass is 10.0. The van der Waals surface area contributed by atoms with E-state index in [1.54, 1.807) is 4.90 Å². The maximum Gasteiger partial charge on any atom is 0.247 e. The molecule has 0 saturated carbocycles. The van der Waals surface area contributed by atoms with Crippen molar-refractivity contribution in [3.05, 3.63) is 65.6 Å². The summed E-state index contributed by atoms with van der Waals surface area (Å²) in [6, 6.07) is 9.74. The number of carbonyl (C=O) groups is 2. The van der Waals surface area contributed by atoms with E-state index in [0.29, 0.717) is 36.6 Å². The number of amides is 2. The molecule has 4 rings (SSSR count). The fraction of sp³-hybridized carbons (Fsp3) is 0.227. The summed E-state index contributed by atoms with van der Waals surface area (Å²) in [6.07, 6.45) is 2.21. The van der Waals surface area contributed by atoms with Crippen LogP contribution in [0.1, 0.15) is 29.0 Å². The molecule has 1 aromatic carbocycles.